The van der Waals surface area contributed by atoms with E-state index in [1.165, 1.54) is 21.8 Å². The first kappa shape index (κ1) is 15.2. The van der Waals surface area contributed by atoms with Gasteiger partial charge in [0.25, 0.3) is 0 Å². The summed E-state index contributed by atoms with van der Waals surface area (Å²) in [5.41, 5.74) is 1.35. The largest absolute Gasteiger partial charge is 0.371 e. The molecule has 0 bridgehead atoms. The minimum Gasteiger partial charge on any atom is -0.371 e. The van der Waals surface area contributed by atoms with Crippen LogP contribution in [-0.4, -0.2) is 40.7 Å². The number of hydrogen-bond donors (Lipinski definition) is 1. The van der Waals surface area contributed by atoms with Crippen molar-refractivity contribution in [3.05, 3.63) is 26.9 Å². The molecule has 23 heavy (non-hydrogen) atoms. The zero-order valence-corrected chi connectivity index (χ0v) is 14.3. The Morgan fingerprint density at radius 2 is 2.43 bits per heavy atom. The minimum atomic E-state index is -0.0290. The zero-order chi connectivity index (χ0) is 15.6. The second-order valence-corrected chi connectivity index (χ2v) is 7.83. The van der Waals surface area contributed by atoms with Crippen molar-refractivity contribution in [2.45, 2.75) is 31.9 Å². The second-order valence-electron chi connectivity index (χ2n) is 5.82. The number of ether oxygens (including phenoxy) is 1. The van der Waals surface area contributed by atoms with E-state index < -0.39 is 0 Å². The lowest BCUT2D eigenvalue weighted by atomic mass is 10.1. The van der Waals surface area contributed by atoms with Gasteiger partial charge in [-0.15, -0.1) is 21.5 Å². The van der Waals surface area contributed by atoms with Crippen LogP contribution in [0.2, 0.25) is 0 Å². The van der Waals surface area contributed by atoms with Gasteiger partial charge in [-0.1, -0.05) is 11.3 Å². The Morgan fingerprint density at radius 1 is 1.48 bits per heavy atom. The van der Waals surface area contributed by atoms with Crippen molar-refractivity contribution in [1.29, 1.82) is 0 Å². The molecule has 1 fully saturated rings. The van der Waals surface area contributed by atoms with Gasteiger partial charge < -0.3 is 4.74 Å². The number of carbonyl (C=O) groups excluding carboxylic acids is 1. The maximum atomic E-state index is 12.2. The third-order valence-corrected chi connectivity index (χ3v) is 6.10. The van der Waals surface area contributed by atoms with Gasteiger partial charge in [0.1, 0.15) is 11.1 Å². The van der Waals surface area contributed by atoms with Crippen LogP contribution in [0.25, 0.3) is 0 Å². The molecule has 4 rings (SSSR count). The summed E-state index contributed by atoms with van der Waals surface area (Å²) in [4.78, 5) is 15.8. The van der Waals surface area contributed by atoms with Crippen LogP contribution in [-0.2, 0) is 22.5 Å². The molecule has 0 spiro atoms. The summed E-state index contributed by atoms with van der Waals surface area (Å²) in [5.74, 6) is -0.0290. The highest BCUT2D eigenvalue weighted by Gasteiger charge is 2.23. The van der Waals surface area contributed by atoms with Gasteiger partial charge in [-0.25, -0.2) is 0 Å². The third kappa shape index (κ3) is 3.45. The maximum Gasteiger partial charge on any atom is 0.240 e. The number of thiophene rings is 1. The Kier molecular flexibility index (Phi) is 4.39. The highest BCUT2D eigenvalue weighted by Crippen LogP contribution is 2.32. The van der Waals surface area contributed by atoms with E-state index in [9.17, 15) is 4.79 Å². The number of aromatic nitrogens is 2. The fourth-order valence-electron chi connectivity index (χ4n) is 2.99. The maximum absolute atomic E-state index is 12.2. The first-order chi connectivity index (χ1) is 11.3. The van der Waals surface area contributed by atoms with Crippen LogP contribution in [0.15, 0.2) is 11.4 Å². The summed E-state index contributed by atoms with van der Waals surface area (Å²) in [6, 6.07) is 2.16. The highest BCUT2D eigenvalue weighted by molar-refractivity contribution is 7.15. The van der Waals surface area contributed by atoms with E-state index in [1.54, 1.807) is 0 Å². The Hall–Kier alpha value is -1.35. The number of hydrogen-bond acceptors (Lipinski definition) is 7. The van der Waals surface area contributed by atoms with E-state index in [0.717, 1.165) is 44.0 Å². The van der Waals surface area contributed by atoms with E-state index in [4.69, 9.17) is 4.74 Å². The predicted molar refractivity (Wildman–Crippen MR) is 89.8 cm³/mol. The Morgan fingerprint density at radius 3 is 3.30 bits per heavy atom. The molecule has 1 amide bonds. The van der Waals surface area contributed by atoms with Gasteiger partial charge >= 0.3 is 0 Å². The molecule has 122 valence electrons. The molecule has 2 aromatic rings. The van der Waals surface area contributed by atoms with Crippen LogP contribution in [0.5, 0.6) is 0 Å². The SMILES string of the molecule is O=C(CN1CCc2sccc2C1)Nc1nnc(C2CCCO2)s1. The van der Waals surface area contributed by atoms with Crippen molar-refractivity contribution in [2.75, 3.05) is 25.0 Å². The lowest BCUT2D eigenvalue weighted by Gasteiger charge is -2.25. The van der Waals surface area contributed by atoms with Crippen LogP contribution < -0.4 is 5.32 Å². The number of rotatable bonds is 4. The van der Waals surface area contributed by atoms with Gasteiger partial charge in [0, 0.05) is 24.6 Å². The quantitative estimate of drug-likeness (QED) is 0.917. The standard InChI is InChI=1S/C15H18N4O2S2/c20-13(9-19-5-3-12-10(8-19)4-7-22-12)16-15-18-17-14(23-15)11-2-1-6-21-11/h4,7,11H,1-3,5-6,8-9H2,(H,16,18,20). The van der Waals surface area contributed by atoms with E-state index in [-0.39, 0.29) is 12.0 Å². The lowest BCUT2D eigenvalue weighted by Crippen LogP contribution is -2.36. The van der Waals surface area contributed by atoms with E-state index in [0.29, 0.717) is 11.7 Å². The first-order valence-corrected chi connectivity index (χ1v) is 9.50. The Balaban J connectivity index is 1.32. The van der Waals surface area contributed by atoms with E-state index >= 15 is 0 Å². The fourth-order valence-corrected chi connectivity index (χ4v) is 4.72. The molecule has 8 heteroatoms. The first-order valence-electron chi connectivity index (χ1n) is 7.80. The third-order valence-electron chi connectivity index (χ3n) is 4.15. The van der Waals surface area contributed by atoms with E-state index in [2.05, 4.69) is 31.9 Å². The zero-order valence-electron chi connectivity index (χ0n) is 12.7. The van der Waals surface area contributed by atoms with Crippen LogP contribution in [0.3, 0.4) is 0 Å². The minimum absolute atomic E-state index is 0.0290. The summed E-state index contributed by atoms with van der Waals surface area (Å²) in [7, 11) is 0. The van der Waals surface area contributed by atoms with Gasteiger partial charge in [-0.2, -0.15) is 0 Å². The molecule has 1 saturated heterocycles. The molecule has 1 atom stereocenters. The Labute approximate surface area is 142 Å². The van der Waals surface area contributed by atoms with Crippen molar-refractivity contribution >= 4 is 33.7 Å². The molecular formula is C15H18N4O2S2. The molecule has 6 nitrogen and oxygen atoms in total. The summed E-state index contributed by atoms with van der Waals surface area (Å²) in [6.45, 7) is 2.96. The van der Waals surface area contributed by atoms with Crippen LogP contribution >= 0.6 is 22.7 Å². The number of fused-ring (bicyclic) bond motifs is 1. The summed E-state index contributed by atoms with van der Waals surface area (Å²) in [5, 5.41) is 14.6. The summed E-state index contributed by atoms with van der Waals surface area (Å²) >= 11 is 3.22. The summed E-state index contributed by atoms with van der Waals surface area (Å²) in [6.07, 6.45) is 3.13. The molecule has 0 aromatic carbocycles. The monoisotopic (exact) mass is 350 g/mol. The number of nitrogens with zero attached hydrogens (tertiary/aromatic N) is 3. The predicted octanol–water partition coefficient (Wildman–Crippen LogP) is 2.45. The van der Waals surface area contributed by atoms with Gasteiger partial charge in [0.05, 0.1) is 6.54 Å². The molecule has 1 N–H and O–H groups in total. The van der Waals surface area contributed by atoms with Crippen molar-refractivity contribution in [3.8, 4) is 0 Å². The lowest BCUT2D eigenvalue weighted by molar-refractivity contribution is -0.117. The molecular weight excluding hydrogens is 332 g/mol. The number of amides is 1. The van der Waals surface area contributed by atoms with Crippen LogP contribution in [0, 0.1) is 0 Å². The van der Waals surface area contributed by atoms with Crippen molar-refractivity contribution in [3.63, 3.8) is 0 Å². The molecule has 2 aromatic heterocycles. The summed E-state index contributed by atoms with van der Waals surface area (Å²) < 4.78 is 5.59. The van der Waals surface area contributed by atoms with Gasteiger partial charge in [0.2, 0.25) is 11.0 Å². The van der Waals surface area contributed by atoms with Crippen molar-refractivity contribution in [1.82, 2.24) is 15.1 Å². The molecule has 0 saturated carbocycles. The van der Waals surface area contributed by atoms with Crippen molar-refractivity contribution < 1.29 is 9.53 Å². The van der Waals surface area contributed by atoms with Gasteiger partial charge in [0.15, 0.2) is 0 Å². The van der Waals surface area contributed by atoms with Crippen molar-refractivity contribution in [2.24, 2.45) is 0 Å². The highest BCUT2D eigenvalue weighted by atomic mass is 32.1. The smallest absolute Gasteiger partial charge is 0.240 e. The van der Waals surface area contributed by atoms with Crippen LogP contribution in [0.4, 0.5) is 5.13 Å². The molecule has 1 unspecified atom stereocenters. The average Bonchev–Trinajstić information content (AvgIpc) is 3.27. The average molecular weight is 350 g/mol. The number of nitrogens with one attached hydrogen (secondary N) is 1. The van der Waals surface area contributed by atoms with Gasteiger partial charge in [-0.05, 0) is 36.3 Å². The molecule has 0 aliphatic carbocycles. The normalized spacial score (nSPS) is 21.3. The number of carbonyl (C=O) groups is 1. The van der Waals surface area contributed by atoms with Gasteiger partial charge in [-0.3, -0.25) is 15.0 Å². The molecule has 4 heterocycles. The fraction of sp³-hybridized carbons (Fsp3) is 0.533. The number of anilines is 1. The van der Waals surface area contributed by atoms with E-state index in [1.807, 2.05) is 11.3 Å². The molecule has 0 radical (unpaired) electrons. The topological polar surface area (TPSA) is 67.4 Å². The second kappa shape index (κ2) is 6.64. The molecule has 2 aliphatic rings. The molecule has 2 aliphatic heterocycles. The van der Waals surface area contributed by atoms with Crippen LogP contribution in [0.1, 0.15) is 34.4 Å². The Bertz CT molecular complexity index is 693.